The molecule has 0 saturated heterocycles. The average molecular weight is 382 g/mol. The standard InChI is InChI=1S/C13H10Br2N4/c14-9-5-6-10(15)12(7-9)16-8-19-13-4-2-1-3-11(13)17-18-19/h1-7,16H,8H2. The number of aromatic nitrogens is 3. The first-order chi connectivity index (χ1) is 9.24. The van der Waals surface area contributed by atoms with Crippen molar-refractivity contribution >= 4 is 48.6 Å². The second-order valence-corrected chi connectivity index (χ2v) is 5.81. The molecule has 0 aliphatic heterocycles. The normalized spacial score (nSPS) is 10.8. The van der Waals surface area contributed by atoms with Crippen LogP contribution in [0.2, 0.25) is 0 Å². The molecule has 0 spiro atoms. The fraction of sp³-hybridized carbons (Fsp3) is 0.0769. The van der Waals surface area contributed by atoms with Crippen molar-refractivity contribution in [3.63, 3.8) is 0 Å². The molecule has 3 aromatic rings. The lowest BCUT2D eigenvalue weighted by molar-refractivity contribution is 0.655. The molecule has 4 nitrogen and oxygen atoms in total. The number of benzene rings is 2. The first-order valence-electron chi connectivity index (χ1n) is 5.71. The molecule has 0 radical (unpaired) electrons. The van der Waals surface area contributed by atoms with Crippen molar-refractivity contribution in [2.45, 2.75) is 6.67 Å². The molecule has 6 heteroatoms. The summed E-state index contributed by atoms with van der Waals surface area (Å²) in [6.07, 6.45) is 0. The van der Waals surface area contributed by atoms with Crippen LogP contribution in [-0.4, -0.2) is 15.0 Å². The van der Waals surface area contributed by atoms with Gasteiger partial charge in [-0.05, 0) is 46.3 Å². The Labute approximate surface area is 127 Å². The molecule has 0 unspecified atom stereocenters. The average Bonchev–Trinajstić information content (AvgIpc) is 2.83. The van der Waals surface area contributed by atoms with Gasteiger partial charge in [-0.2, -0.15) is 0 Å². The van der Waals surface area contributed by atoms with Gasteiger partial charge in [-0.1, -0.05) is 33.3 Å². The van der Waals surface area contributed by atoms with E-state index in [-0.39, 0.29) is 0 Å². The minimum atomic E-state index is 0.565. The summed E-state index contributed by atoms with van der Waals surface area (Å²) in [7, 11) is 0. The maximum Gasteiger partial charge on any atom is 0.113 e. The quantitative estimate of drug-likeness (QED) is 0.744. The maximum atomic E-state index is 4.14. The first kappa shape index (κ1) is 12.6. The molecular formula is C13H10Br2N4. The molecular weight excluding hydrogens is 372 g/mol. The Kier molecular flexibility index (Phi) is 3.52. The van der Waals surface area contributed by atoms with Crippen molar-refractivity contribution in [1.82, 2.24) is 15.0 Å². The van der Waals surface area contributed by atoms with E-state index in [1.54, 1.807) is 0 Å². The van der Waals surface area contributed by atoms with Crippen LogP contribution in [0.5, 0.6) is 0 Å². The van der Waals surface area contributed by atoms with Crippen LogP contribution in [0.1, 0.15) is 0 Å². The van der Waals surface area contributed by atoms with Gasteiger partial charge in [0.1, 0.15) is 12.2 Å². The second-order valence-electron chi connectivity index (χ2n) is 4.04. The largest absolute Gasteiger partial charge is 0.365 e. The van der Waals surface area contributed by atoms with Crippen LogP contribution in [0.3, 0.4) is 0 Å². The number of halogens is 2. The molecule has 0 bridgehead atoms. The number of hydrogen-bond donors (Lipinski definition) is 1. The first-order valence-corrected chi connectivity index (χ1v) is 7.30. The van der Waals surface area contributed by atoms with Crippen LogP contribution in [0.4, 0.5) is 5.69 Å². The lowest BCUT2D eigenvalue weighted by Crippen LogP contribution is -2.09. The van der Waals surface area contributed by atoms with Crippen LogP contribution < -0.4 is 5.32 Å². The van der Waals surface area contributed by atoms with Gasteiger partial charge in [0, 0.05) is 8.95 Å². The van der Waals surface area contributed by atoms with Gasteiger partial charge in [-0.25, -0.2) is 4.68 Å². The summed E-state index contributed by atoms with van der Waals surface area (Å²) >= 11 is 6.98. The summed E-state index contributed by atoms with van der Waals surface area (Å²) in [5.74, 6) is 0. The number of nitrogens with zero attached hydrogens (tertiary/aromatic N) is 3. The Balaban J connectivity index is 1.84. The number of anilines is 1. The van der Waals surface area contributed by atoms with Gasteiger partial charge in [0.25, 0.3) is 0 Å². The van der Waals surface area contributed by atoms with E-state index >= 15 is 0 Å². The number of nitrogens with one attached hydrogen (secondary N) is 1. The fourth-order valence-corrected chi connectivity index (χ4v) is 2.58. The lowest BCUT2D eigenvalue weighted by Gasteiger charge is -2.09. The van der Waals surface area contributed by atoms with Crippen LogP contribution in [-0.2, 0) is 6.67 Å². The molecule has 2 aromatic carbocycles. The van der Waals surface area contributed by atoms with E-state index < -0.39 is 0 Å². The highest BCUT2D eigenvalue weighted by atomic mass is 79.9. The SMILES string of the molecule is Brc1ccc(Br)c(NCn2nnc3ccccc32)c1. The molecule has 1 heterocycles. The molecule has 3 rings (SSSR count). The number of para-hydroxylation sites is 1. The fourth-order valence-electron chi connectivity index (χ4n) is 1.83. The van der Waals surface area contributed by atoms with Crippen LogP contribution in [0.15, 0.2) is 51.4 Å². The van der Waals surface area contributed by atoms with Gasteiger partial charge in [-0.15, -0.1) is 5.10 Å². The highest BCUT2D eigenvalue weighted by molar-refractivity contribution is 9.11. The Bertz CT molecular complexity index is 723. The van der Waals surface area contributed by atoms with Crippen molar-refractivity contribution in [2.24, 2.45) is 0 Å². The van der Waals surface area contributed by atoms with E-state index in [1.165, 1.54) is 0 Å². The second kappa shape index (κ2) is 5.30. The smallest absolute Gasteiger partial charge is 0.113 e. The molecule has 19 heavy (non-hydrogen) atoms. The molecule has 1 aromatic heterocycles. The monoisotopic (exact) mass is 380 g/mol. The summed E-state index contributed by atoms with van der Waals surface area (Å²) in [6, 6.07) is 13.9. The summed E-state index contributed by atoms with van der Waals surface area (Å²) < 4.78 is 3.88. The summed E-state index contributed by atoms with van der Waals surface area (Å²) in [4.78, 5) is 0. The molecule has 0 amide bonds. The minimum Gasteiger partial charge on any atom is -0.365 e. The highest BCUT2D eigenvalue weighted by Crippen LogP contribution is 2.26. The van der Waals surface area contributed by atoms with E-state index in [1.807, 2.05) is 47.1 Å². The zero-order valence-electron chi connectivity index (χ0n) is 9.85. The number of fused-ring (bicyclic) bond motifs is 1. The number of hydrogen-bond acceptors (Lipinski definition) is 3. The van der Waals surface area contributed by atoms with E-state index in [4.69, 9.17) is 0 Å². The predicted octanol–water partition coefficient (Wildman–Crippen LogP) is 4.03. The van der Waals surface area contributed by atoms with E-state index in [0.29, 0.717) is 6.67 Å². The van der Waals surface area contributed by atoms with Gasteiger partial charge in [0.2, 0.25) is 0 Å². The summed E-state index contributed by atoms with van der Waals surface area (Å²) in [5.41, 5.74) is 2.92. The zero-order valence-corrected chi connectivity index (χ0v) is 13.0. The predicted molar refractivity (Wildman–Crippen MR) is 83.0 cm³/mol. The van der Waals surface area contributed by atoms with Gasteiger partial charge in [0.15, 0.2) is 0 Å². The maximum absolute atomic E-state index is 4.14. The lowest BCUT2D eigenvalue weighted by atomic mass is 10.3. The molecule has 0 saturated carbocycles. The summed E-state index contributed by atoms with van der Waals surface area (Å²) in [6.45, 7) is 0.565. The van der Waals surface area contributed by atoms with E-state index in [0.717, 1.165) is 25.7 Å². The Morgan fingerprint density at radius 1 is 1.11 bits per heavy atom. The number of rotatable bonds is 3. The van der Waals surface area contributed by atoms with Crippen LogP contribution >= 0.6 is 31.9 Å². The van der Waals surface area contributed by atoms with Gasteiger partial charge in [0.05, 0.1) is 11.2 Å². The topological polar surface area (TPSA) is 42.7 Å². The van der Waals surface area contributed by atoms with E-state index in [9.17, 15) is 0 Å². The molecule has 96 valence electrons. The van der Waals surface area contributed by atoms with Gasteiger partial charge in [-0.3, -0.25) is 0 Å². The highest BCUT2D eigenvalue weighted by Gasteiger charge is 2.04. The minimum absolute atomic E-state index is 0.565. The Hall–Kier alpha value is -1.40. The third kappa shape index (κ3) is 2.64. The van der Waals surface area contributed by atoms with Crippen molar-refractivity contribution in [2.75, 3.05) is 5.32 Å². The molecule has 1 N–H and O–H groups in total. The van der Waals surface area contributed by atoms with Crippen LogP contribution in [0.25, 0.3) is 11.0 Å². The Morgan fingerprint density at radius 2 is 1.95 bits per heavy atom. The third-order valence-corrected chi connectivity index (χ3v) is 3.95. The van der Waals surface area contributed by atoms with Crippen molar-refractivity contribution < 1.29 is 0 Å². The van der Waals surface area contributed by atoms with Crippen molar-refractivity contribution in [3.05, 3.63) is 51.4 Å². The van der Waals surface area contributed by atoms with Gasteiger partial charge < -0.3 is 5.32 Å². The molecule has 0 fully saturated rings. The molecule has 0 aliphatic rings. The van der Waals surface area contributed by atoms with E-state index in [2.05, 4.69) is 47.5 Å². The molecule has 0 aliphatic carbocycles. The van der Waals surface area contributed by atoms with Gasteiger partial charge >= 0.3 is 0 Å². The van der Waals surface area contributed by atoms with Crippen LogP contribution in [0, 0.1) is 0 Å². The third-order valence-electron chi connectivity index (χ3n) is 2.77. The van der Waals surface area contributed by atoms with Crippen molar-refractivity contribution in [3.8, 4) is 0 Å². The Morgan fingerprint density at radius 3 is 2.84 bits per heavy atom. The van der Waals surface area contributed by atoms with Crippen molar-refractivity contribution in [1.29, 1.82) is 0 Å². The molecule has 0 atom stereocenters. The zero-order chi connectivity index (χ0) is 13.2. The summed E-state index contributed by atoms with van der Waals surface area (Å²) in [5, 5.41) is 11.6.